The molecule has 37 heavy (non-hydrogen) atoms. The first-order valence-corrected chi connectivity index (χ1v) is 12.7. The standard InChI is InChI=1S/C26H31N9O2/c1-26(2,3)37-25(36)35-16-5-6-17(35)14-18(13-16)33(4)23-10-8-21(29-30-23)19-7-9-22(34-12-11-27-32-34)20-15-28-31-24(19)20/h7-12,15-18H,5-6,13-14H2,1-4H3,(H,28,31)/t16-,17+,18?. The van der Waals surface area contributed by atoms with Crippen molar-refractivity contribution in [3.63, 3.8) is 0 Å². The number of rotatable bonds is 4. The van der Waals surface area contributed by atoms with Crippen LogP contribution in [-0.2, 0) is 4.74 Å². The number of nitrogens with zero attached hydrogens (tertiary/aromatic N) is 8. The van der Waals surface area contributed by atoms with Crippen LogP contribution in [-0.4, -0.2) is 77.2 Å². The molecule has 1 unspecified atom stereocenters. The second-order valence-electron chi connectivity index (χ2n) is 10.9. The number of aromatic amines is 1. The number of carbonyl (C=O) groups excluding carboxylic acids is 1. The van der Waals surface area contributed by atoms with Crippen LogP contribution in [0.15, 0.2) is 42.9 Å². The smallest absolute Gasteiger partial charge is 0.410 e. The minimum atomic E-state index is -0.486. The second kappa shape index (κ2) is 8.82. The third-order valence-corrected chi connectivity index (χ3v) is 7.41. The van der Waals surface area contributed by atoms with Gasteiger partial charge < -0.3 is 14.5 Å². The summed E-state index contributed by atoms with van der Waals surface area (Å²) in [5, 5.41) is 25.4. The van der Waals surface area contributed by atoms with Crippen LogP contribution in [0.1, 0.15) is 46.5 Å². The molecule has 2 saturated heterocycles. The summed E-state index contributed by atoms with van der Waals surface area (Å²) in [4.78, 5) is 17.0. The Balaban J connectivity index is 1.19. The number of nitrogens with one attached hydrogen (secondary N) is 1. The SMILES string of the molecule is CN(c1ccc(-c2ccc(-n3ccnn3)c3cn[nH]c23)nn1)C1C[C@H]2CC[C@@H](C1)N2C(=O)OC(C)(C)C. The monoisotopic (exact) mass is 501 g/mol. The van der Waals surface area contributed by atoms with Gasteiger partial charge in [0.1, 0.15) is 5.60 Å². The zero-order valence-electron chi connectivity index (χ0n) is 21.5. The van der Waals surface area contributed by atoms with Gasteiger partial charge in [-0.05, 0) is 70.7 Å². The lowest BCUT2D eigenvalue weighted by molar-refractivity contribution is 0.00597. The summed E-state index contributed by atoms with van der Waals surface area (Å²) in [5.41, 5.74) is 2.95. The third-order valence-electron chi connectivity index (χ3n) is 7.41. The molecule has 2 aliphatic rings. The molecule has 0 saturated carbocycles. The number of hydrogen-bond acceptors (Lipinski definition) is 8. The maximum absolute atomic E-state index is 12.8. The summed E-state index contributed by atoms with van der Waals surface area (Å²) < 4.78 is 7.40. The fraction of sp³-hybridized carbons (Fsp3) is 0.462. The molecule has 3 atom stereocenters. The molecule has 5 heterocycles. The molecule has 192 valence electrons. The molecule has 1 aromatic carbocycles. The van der Waals surface area contributed by atoms with E-state index < -0.39 is 5.60 Å². The molecule has 0 spiro atoms. The lowest BCUT2D eigenvalue weighted by atomic mass is 9.96. The molecule has 4 aromatic rings. The summed E-state index contributed by atoms with van der Waals surface area (Å²) in [6.45, 7) is 5.74. The highest BCUT2D eigenvalue weighted by Gasteiger charge is 2.46. The van der Waals surface area contributed by atoms with E-state index in [2.05, 4.69) is 42.7 Å². The van der Waals surface area contributed by atoms with Gasteiger partial charge in [-0.3, -0.25) is 5.10 Å². The number of H-pyrrole nitrogens is 1. The summed E-state index contributed by atoms with van der Waals surface area (Å²) in [5.74, 6) is 0.818. The lowest BCUT2D eigenvalue weighted by Gasteiger charge is -2.42. The van der Waals surface area contributed by atoms with Crippen molar-refractivity contribution >= 4 is 22.8 Å². The first-order valence-electron chi connectivity index (χ1n) is 12.7. The Kier molecular flexibility index (Phi) is 5.58. The fourth-order valence-corrected chi connectivity index (χ4v) is 5.69. The molecule has 1 amide bonds. The summed E-state index contributed by atoms with van der Waals surface area (Å²) in [6.07, 6.45) is 8.87. The van der Waals surface area contributed by atoms with Crippen LogP contribution < -0.4 is 4.90 Å². The van der Waals surface area contributed by atoms with Crippen molar-refractivity contribution in [1.82, 2.24) is 40.3 Å². The van der Waals surface area contributed by atoms with Gasteiger partial charge in [0.25, 0.3) is 0 Å². The third kappa shape index (κ3) is 4.28. The van der Waals surface area contributed by atoms with Crippen molar-refractivity contribution in [2.45, 2.75) is 70.2 Å². The van der Waals surface area contributed by atoms with Crippen molar-refractivity contribution in [2.75, 3.05) is 11.9 Å². The van der Waals surface area contributed by atoms with E-state index in [-0.39, 0.29) is 24.2 Å². The summed E-state index contributed by atoms with van der Waals surface area (Å²) in [7, 11) is 2.07. The van der Waals surface area contributed by atoms with Crippen molar-refractivity contribution in [3.05, 3.63) is 42.9 Å². The van der Waals surface area contributed by atoms with Gasteiger partial charge in [-0.15, -0.1) is 15.3 Å². The number of fused-ring (bicyclic) bond motifs is 3. The fourth-order valence-electron chi connectivity index (χ4n) is 5.69. The highest BCUT2D eigenvalue weighted by molar-refractivity contribution is 5.97. The predicted molar refractivity (Wildman–Crippen MR) is 138 cm³/mol. The highest BCUT2D eigenvalue weighted by Crippen LogP contribution is 2.39. The first-order chi connectivity index (χ1) is 17.8. The van der Waals surface area contributed by atoms with Crippen molar-refractivity contribution in [2.24, 2.45) is 0 Å². The molecule has 0 aliphatic carbocycles. The normalized spacial score (nSPS) is 21.4. The van der Waals surface area contributed by atoms with E-state index in [9.17, 15) is 4.79 Å². The number of ether oxygens (including phenoxy) is 1. The molecule has 11 nitrogen and oxygen atoms in total. The Morgan fingerprint density at radius 3 is 2.54 bits per heavy atom. The second-order valence-corrected chi connectivity index (χ2v) is 10.9. The average Bonchev–Trinajstić information content (AvgIpc) is 3.62. The van der Waals surface area contributed by atoms with Crippen LogP contribution in [0, 0.1) is 0 Å². The van der Waals surface area contributed by atoms with Gasteiger partial charge in [-0.1, -0.05) is 5.21 Å². The number of benzene rings is 1. The van der Waals surface area contributed by atoms with Crippen LogP contribution in [0.5, 0.6) is 0 Å². The molecule has 2 aliphatic heterocycles. The minimum Gasteiger partial charge on any atom is -0.444 e. The van der Waals surface area contributed by atoms with Gasteiger partial charge in [0.05, 0.1) is 35.5 Å². The number of amides is 1. The van der Waals surface area contributed by atoms with E-state index in [1.165, 1.54) is 0 Å². The molecule has 1 N–H and O–H groups in total. The molecule has 0 radical (unpaired) electrons. The van der Waals surface area contributed by atoms with Gasteiger partial charge in [0.15, 0.2) is 5.82 Å². The van der Waals surface area contributed by atoms with Gasteiger partial charge >= 0.3 is 6.09 Å². The number of piperidine rings is 1. The van der Waals surface area contributed by atoms with Gasteiger partial charge in [-0.2, -0.15) is 5.10 Å². The lowest BCUT2D eigenvalue weighted by Crippen LogP contribution is -2.53. The number of anilines is 1. The van der Waals surface area contributed by atoms with E-state index in [1.807, 2.05) is 49.9 Å². The minimum absolute atomic E-state index is 0.190. The topological polar surface area (TPSA) is 118 Å². The van der Waals surface area contributed by atoms with Crippen molar-refractivity contribution < 1.29 is 9.53 Å². The van der Waals surface area contributed by atoms with Crippen LogP contribution >= 0.6 is 0 Å². The Hall–Kier alpha value is -4.02. The molecule has 3 aromatic heterocycles. The zero-order chi connectivity index (χ0) is 25.7. The molecule has 2 fully saturated rings. The molecular weight excluding hydrogens is 470 g/mol. The molecular formula is C26H31N9O2. The van der Waals surface area contributed by atoms with Gasteiger partial charge in [0.2, 0.25) is 0 Å². The highest BCUT2D eigenvalue weighted by atomic mass is 16.6. The van der Waals surface area contributed by atoms with E-state index in [0.29, 0.717) is 0 Å². The average molecular weight is 502 g/mol. The van der Waals surface area contributed by atoms with Crippen LogP contribution in [0.4, 0.5) is 10.6 Å². The predicted octanol–water partition coefficient (Wildman–Crippen LogP) is 3.97. The maximum Gasteiger partial charge on any atom is 0.410 e. The van der Waals surface area contributed by atoms with Gasteiger partial charge in [0, 0.05) is 36.1 Å². The Morgan fingerprint density at radius 1 is 1.11 bits per heavy atom. The van der Waals surface area contributed by atoms with Crippen LogP contribution in [0.25, 0.3) is 27.8 Å². The molecule has 11 heteroatoms. The zero-order valence-corrected chi connectivity index (χ0v) is 21.5. The first kappa shape index (κ1) is 23.4. The summed E-state index contributed by atoms with van der Waals surface area (Å²) in [6, 6.07) is 8.67. The number of aromatic nitrogens is 7. The molecule has 2 bridgehead atoms. The van der Waals surface area contributed by atoms with Crippen LogP contribution in [0.3, 0.4) is 0 Å². The van der Waals surface area contributed by atoms with Crippen molar-refractivity contribution in [3.8, 4) is 16.9 Å². The van der Waals surface area contributed by atoms with E-state index in [0.717, 1.165) is 59.3 Å². The quantitative estimate of drug-likeness (QED) is 0.446. The summed E-state index contributed by atoms with van der Waals surface area (Å²) >= 11 is 0. The van der Waals surface area contributed by atoms with E-state index in [1.54, 1.807) is 23.3 Å². The van der Waals surface area contributed by atoms with E-state index >= 15 is 0 Å². The van der Waals surface area contributed by atoms with E-state index in [4.69, 9.17) is 4.74 Å². The number of carbonyl (C=O) groups is 1. The van der Waals surface area contributed by atoms with Gasteiger partial charge in [-0.25, -0.2) is 9.48 Å². The Labute approximate surface area is 214 Å². The largest absolute Gasteiger partial charge is 0.444 e. The Morgan fingerprint density at radius 2 is 1.89 bits per heavy atom. The molecule has 6 rings (SSSR count). The Bertz CT molecular complexity index is 1390. The van der Waals surface area contributed by atoms with Crippen molar-refractivity contribution in [1.29, 1.82) is 0 Å². The maximum atomic E-state index is 12.8. The number of hydrogen-bond donors (Lipinski definition) is 1. The van der Waals surface area contributed by atoms with Crippen LogP contribution in [0.2, 0.25) is 0 Å².